The maximum Gasteiger partial charge on any atom is 0.213 e. The number of nitrogens with two attached hydrogens (primary N) is 1. The molecule has 2 saturated carbocycles. The molecule has 6 heteroatoms. The molecule has 2 N–H and O–H groups in total. The van der Waals surface area contributed by atoms with E-state index in [0.717, 1.165) is 24.3 Å². The first kappa shape index (κ1) is 19.3. The molecule has 134 valence electrons. The third-order valence-electron chi connectivity index (χ3n) is 4.93. The number of guanidine groups is 1. The molecule has 0 unspecified atom stereocenters. The van der Waals surface area contributed by atoms with Gasteiger partial charge in [0.1, 0.15) is 6.10 Å². The van der Waals surface area contributed by atoms with Crippen LogP contribution in [0.25, 0.3) is 0 Å². The fourth-order valence-electron chi connectivity index (χ4n) is 3.06. The molecular formula is C18H29IN4O. The van der Waals surface area contributed by atoms with E-state index in [4.69, 9.17) is 10.5 Å². The molecule has 5 nitrogen and oxygen atoms in total. The van der Waals surface area contributed by atoms with E-state index in [0.29, 0.717) is 30.5 Å². The van der Waals surface area contributed by atoms with E-state index in [2.05, 4.69) is 21.8 Å². The highest BCUT2D eigenvalue weighted by Gasteiger charge is 2.27. The summed E-state index contributed by atoms with van der Waals surface area (Å²) < 4.78 is 6.05. The molecule has 0 atom stereocenters. The second-order valence-corrected chi connectivity index (χ2v) is 7.02. The number of hydrogen-bond acceptors (Lipinski definition) is 3. The smallest absolute Gasteiger partial charge is 0.213 e. The van der Waals surface area contributed by atoms with E-state index in [9.17, 15) is 0 Å². The Morgan fingerprint density at radius 1 is 1.29 bits per heavy atom. The minimum Gasteiger partial charge on any atom is -0.474 e. The van der Waals surface area contributed by atoms with Gasteiger partial charge in [-0.3, -0.25) is 0 Å². The van der Waals surface area contributed by atoms with Crippen molar-refractivity contribution in [2.45, 2.75) is 64.1 Å². The lowest BCUT2D eigenvalue weighted by atomic mass is 9.89. The van der Waals surface area contributed by atoms with Crippen LogP contribution in [0.3, 0.4) is 0 Å². The molecule has 1 aromatic heterocycles. The summed E-state index contributed by atoms with van der Waals surface area (Å²) in [4.78, 5) is 10.9. The highest BCUT2D eigenvalue weighted by molar-refractivity contribution is 14.0. The molecule has 0 radical (unpaired) electrons. The second-order valence-electron chi connectivity index (χ2n) is 7.02. The summed E-state index contributed by atoms with van der Waals surface area (Å²) in [5, 5.41) is 0. The Balaban J connectivity index is 0.00000208. The van der Waals surface area contributed by atoms with E-state index in [1.165, 1.54) is 25.7 Å². The number of aliphatic imine (C=N–C) groups is 1. The molecule has 0 saturated heterocycles. The summed E-state index contributed by atoms with van der Waals surface area (Å²) in [6.07, 6.45) is 9.31. The van der Waals surface area contributed by atoms with Crippen molar-refractivity contribution in [1.82, 2.24) is 9.88 Å². The zero-order valence-corrected chi connectivity index (χ0v) is 17.0. The quantitative estimate of drug-likeness (QED) is 0.429. The molecule has 0 bridgehead atoms. The number of aromatic nitrogens is 1. The summed E-state index contributed by atoms with van der Waals surface area (Å²) in [5.41, 5.74) is 7.12. The fraction of sp³-hybridized carbons (Fsp3) is 0.667. The fourth-order valence-corrected chi connectivity index (χ4v) is 3.06. The molecule has 0 spiro atoms. The van der Waals surface area contributed by atoms with Crippen LogP contribution >= 0.6 is 24.0 Å². The Morgan fingerprint density at radius 3 is 2.67 bits per heavy atom. The van der Waals surface area contributed by atoms with Gasteiger partial charge in [-0.25, -0.2) is 9.98 Å². The van der Waals surface area contributed by atoms with E-state index < -0.39 is 0 Å². The van der Waals surface area contributed by atoms with Gasteiger partial charge in [0.2, 0.25) is 5.88 Å². The van der Waals surface area contributed by atoms with Crippen molar-refractivity contribution in [3.63, 3.8) is 0 Å². The summed E-state index contributed by atoms with van der Waals surface area (Å²) in [5.74, 6) is 2.16. The molecule has 2 fully saturated rings. The van der Waals surface area contributed by atoms with Gasteiger partial charge in [-0.1, -0.05) is 6.92 Å². The van der Waals surface area contributed by atoms with Crippen molar-refractivity contribution in [3.8, 4) is 5.88 Å². The number of rotatable bonds is 5. The molecule has 0 aliphatic heterocycles. The maximum absolute atomic E-state index is 6.05. The normalized spacial score (nSPS) is 24.2. The molecule has 24 heavy (non-hydrogen) atoms. The molecular weight excluding hydrogens is 415 g/mol. The molecule has 3 rings (SSSR count). The van der Waals surface area contributed by atoms with Gasteiger partial charge in [-0.05, 0) is 56.1 Å². The van der Waals surface area contributed by atoms with Crippen LogP contribution < -0.4 is 10.5 Å². The van der Waals surface area contributed by atoms with Crippen LogP contribution in [-0.4, -0.2) is 35.0 Å². The standard InChI is InChI=1S/C18H28N4O.HI/c1-13-3-7-16(8-4-13)23-17-11-14(9-10-20-17)12-21-18(19)22(2)15-5-6-15;/h9-11,13,15-16H,3-8,12H2,1-2H3,(H2,19,21);1H. The first-order valence-corrected chi connectivity index (χ1v) is 8.76. The van der Waals surface area contributed by atoms with Gasteiger partial charge in [-0.15, -0.1) is 24.0 Å². The van der Waals surface area contributed by atoms with Crippen LogP contribution in [0.1, 0.15) is 51.0 Å². The zero-order chi connectivity index (χ0) is 16.2. The van der Waals surface area contributed by atoms with E-state index >= 15 is 0 Å². The van der Waals surface area contributed by atoms with Gasteiger partial charge in [0.15, 0.2) is 5.96 Å². The van der Waals surface area contributed by atoms with E-state index in [1.807, 2.05) is 19.2 Å². The molecule has 2 aliphatic carbocycles. The van der Waals surface area contributed by atoms with Gasteiger partial charge < -0.3 is 15.4 Å². The van der Waals surface area contributed by atoms with E-state index in [1.54, 1.807) is 6.20 Å². The van der Waals surface area contributed by atoms with Crippen molar-refractivity contribution in [2.75, 3.05) is 7.05 Å². The predicted octanol–water partition coefficient (Wildman–Crippen LogP) is 3.57. The van der Waals surface area contributed by atoms with Crippen molar-refractivity contribution in [2.24, 2.45) is 16.6 Å². The van der Waals surface area contributed by atoms with E-state index in [-0.39, 0.29) is 24.0 Å². The summed E-state index contributed by atoms with van der Waals surface area (Å²) in [7, 11) is 2.02. The summed E-state index contributed by atoms with van der Waals surface area (Å²) in [6, 6.07) is 4.55. The van der Waals surface area contributed by atoms with Gasteiger partial charge >= 0.3 is 0 Å². The monoisotopic (exact) mass is 444 g/mol. The third-order valence-corrected chi connectivity index (χ3v) is 4.93. The first-order chi connectivity index (χ1) is 11.1. The number of halogens is 1. The van der Waals surface area contributed by atoms with Crippen LogP contribution in [0.5, 0.6) is 5.88 Å². The number of pyridine rings is 1. The maximum atomic E-state index is 6.05. The molecule has 1 aromatic rings. The Hall–Kier alpha value is -1.05. The van der Waals surface area contributed by atoms with Gasteiger partial charge in [0.05, 0.1) is 6.54 Å². The summed E-state index contributed by atoms with van der Waals surface area (Å²) >= 11 is 0. The predicted molar refractivity (Wildman–Crippen MR) is 108 cm³/mol. The lowest BCUT2D eigenvalue weighted by Gasteiger charge is -2.26. The number of nitrogens with zero attached hydrogens (tertiary/aromatic N) is 3. The third kappa shape index (κ3) is 5.50. The lowest BCUT2D eigenvalue weighted by Crippen LogP contribution is -2.35. The zero-order valence-electron chi connectivity index (χ0n) is 14.6. The Morgan fingerprint density at radius 2 is 2.00 bits per heavy atom. The van der Waals surface area contributed by atoms with Crippen molar-refractivity contribution < 1.29 is 4.74 Å². The van der Waals surface area contributed by atoms with Crippen LogP contribution in [0.2, 0.25) is 0 Å². The number of hydrogen-bond donors (Lipinski definition) is 1. The van der Waals surface area contributed by atoms with Crippen molar-refractivity contribution >= 4 is 29.9 Å². The lowest BCUT2D eigenvalue weighted by molar-refractivity contribution is 0.130. The van der Waals surface area contributed by atoms with Crippen molar-refractivity contribution in [3.05, 3.63) is 23.9 Å². The largest absolute Gasteiger partial charge is 0.474 e. The minimum atomic E-state index is 0. The topological polar surface area (TPSA) is 63.7 Å². The Bertz CT molecular complexity index is 554. The Kier molecular flexibility index (Phi) is 7.13. The van der Waals surface area contributed by atoms with Gasteiger partial charge in [0.25, 0.3) is 0 Å². The average Bonchev–Trinajstić information content (AvgIpc) is 3.39. The minimum absolute atomic E-state index is 0. The molecule has 0 aromatic carbocycles. The van der Waals surface area contributed by atoms with Gasteiger partial charge in [-0.2, -0.15) is 0 Å². The molecule has 1 heterocycles. The van der Waals surface area contributed by atoms with Crippen LogP contribution in [-0.2, 0) is 6.54 Å². The average molecular weight is 444 g/mol. The van der Waals surface area contributed by atoms with Crippen LogP contribution in [0.4, 0.5) is 0 Å². The number of ether oxygens (including phenoxy) is 1. The van der Waals surface area contributed by atoms with Crippen LogP contribution in [0, 0.1) is 5.92 Å². The first-order valence-electron chi connectivity index (χ1n) is 8.76. The highest BCUT2D eigenvalue weighted by atomic mass is 127. The van der Waals surface area contributed by atoms with Gasteiger partial charge in [0, 0.05) is 25.4 Å². The van der Waals surface area contributed by atoms with Crippen molar-refractivity contribution in [1.29, 1.82) is 0 Å². The summed E-state index contributed by atoms with van der Waals surface area (Å²) in [6.45, 7) is 2.89. The molecule has 0 amide bonds. The SMILES string of the molecule is CC1CCC(Oc2cc(CN=C(N)N(C)C3CC3)ccn2)CC1.I. The second kappa shape index (κ2) is 8.87. The highest BCUT2D eigenvalue weighted by Crippen LogP contribution is 2.27. The Labute approximate surface area is 162 Å². The molecule has 2 aliphatic rings. The van der Waals surface area contributed by atoms with Crippen LogP contribution in [0.15, 0.2) is 23.3 Å².